The van der Waals surface area contributed by atoms with E-state index in [2.05, 4.69) is 34.7 Å². The summed E-state index contributed by atoms with van der Waals surface area (Å²) in [6.45, 7) is 7.82. The standard InChI is InChI=1S/C20H24N4O3/c1-11(2)18(14-8-6-5-7-9-14)21-10-15(25)22-20-17-16(13(4)27-20)12(3)23-24-19(17)26/h5-9,11,18,21H,10H2,1-4H3,(H,22,25)(H,24,26)/t18-/m0/s1. The number of carbonyl (C=O) groups excluding carboxylic acids is 1. The minimum atomic E-state index is -0.389. The molecule has 0 radical (unpaired) electrons. The number of amides is 1. The van der Waals surface area contributed by atoms with Gasteiger partial charge >= 0.3 is 0 Å². The molecule has 0 aliphatic heterocycles. The number of nitrogens with zero attached hydrogens (tertiary/aromatic N) is 1. The van der Waals surface area contributed by atoms with Gasteiger partial charge < -0.3 is 9.73 Å². The summed E-state index contributed by atoms with van der Waals surface area (Å²) in [4.78, 5) is 24.6. The van der Waals surface area contributed by atoms with Crippen molar-refractivity contribution in [2.45, 2.75) is 33.7 Å². The lowest BCUT2D eigenvalue weighted by atomic mass is 9.96. The molecule has 27 heavy (non-hydrogen) atoms. The van der Waals surface area contributed by atoms with E-state index in [9.17, 15) is 9.59 Å². The van der Waals surface area contributed by atoms with Crippen LogP contribution in [0.3, 0.4) is 0 Å². The molecule has 2 aromatic heterocycles. The maximum atomic E-state index is 12.5. The summed E-state index contributed by atoms with van der Waals surface area (Å²) in [7, 11) is 0. The van der Waals surface area contributed by atoms with E-state index in [0.29, 0.717) is 28.1 Å². The zero-order valence-corrected chi connectivity index (χ0v) is 15.9. The first-order valence-corrected chi connectivity index (χ1v) is 8.95. The Morgan fingerprint density at radius 3 is 2.56 bits per heavy atom. The fourth-order valence-electron chi connectivity index (χ4n) is 3.30. The Kier molecular flexibility index (Phi) is 5.41. The highest BCUT2D eigenvalue weighted by Crippen LogP contribution is 2.28. The number of carbonyl (C=O) groups is 1. The number of nitrogens with one attached hydrogen (secondary N) is 3. The molecule has 0 saturated carbocycles. The molecule has 3 aromatic rings. The lowest BCUT2D eigenvalue weighted by molar-refractivity contribution is -0.115. The number of H-pyrrole nitrogens is 1. The van der Waals surface area contributed by atoms with Crippen LogP contribution in [0.5, 0.6) is 0 Å². The van der Waals surface area contributed by atoms with Crippen LogP contribution in [0, 0.1) is 19.8 Å². The van der Waals surface area contributed by atoms with Gasteiger partial charge in [0, 0.05) is 6.04 Å². The summed E-state index contributed by atoms with van der Waals surface area (Å²) in [6, 6.07) is 10.0. The van der Waals surface area contributed by atoms with Crippen molar-refractivity contribution in [3.63, 3.8) is 0 Å². The Labute approximate surface area is 157 Å². The molecule has 3 rings (SSSR count). The highest BCUT2D eigenvalue weighted by Gasteiger charge is 2.20. The smallest absolute Gasteiger partial charge is 0.277 e. The molecule has 3 N–H and O–H groups in total. The third-order valence-electron chi connectivity index (χ3n) is 4.56. The summed E-state index contributed by atoms with van der Waals surface area (Å²) in [5.74, 6) is 0.736. The zero-order chi connectivity index (χ0) is 19.6. The minimum absolute atomic E-state index is 0.0434. The second-order valence-corrected chi connectivity index (χ2v) is 6.94. The van der Waals surface area contributed by atoms with Gasteiger partial charge in [0.1, 0.15) is 11.1 Å². The molecule has 0 aliphatic rings. The molecule has 1 atom stereocenters. The van der Waals surface area contributed by atoms with Gasteiger partial charge in [-0.1, -0.05) is 44.2 Å². The van der Waals surface area contributed by atoms with Crippen LogP contribution < -0.4 is 16.2 Å². The Morgan fingerprint density at radius 2 is 1.89 bits per heavy atom. The van der Waals surface area contributed by atoms with Crippen molar-refractivity contribution in [3.05, 3.63) is 57.7 Å². The fraction of sp³-hybridized carbons (Fsp3) is 0.350. The first kappa shape index (κ1) is 18.8. The summed E-state index contributed by atoms with van der Waals surface area (Å²) in [5.41, 5.74) is 1.38. The molecule has 0 aliphatic carbocycles. The molecule has 7 nitrogen and oxygen atoms in total. The van der Waals surface area contributed by atoms with E-state index in [4.69, 9.17) is 4.42 Å². The number of hydrogen-bond acceptors (Lipinski definition) is 5. The molecule has 0 saturated heterocycles. The van der Waals surface area contributed by atoms with Crippen molar-refractivity contribution in [1.82, 2.24) is 15.5 Å². The first-order valence-electron chi connectivity index (χ1n) is 8.95. The molecule has 2 heterocycles. The van der Waals surface area contributed by atoms with Crippen LogP contribution in [0.15, 0.2) is 39.5 Å². The molecular weight excluding hydrogens is 344 g/mol. The number of aryl methyl sites for hydroxylation is 2. The van der Waals surface area contributed by atoms with Crippen molar-refractivity contribution in [2.24, 2.45) is 5.92 Å². The number of aromatic nitrogens is 2. The van der Waals surface area contributed by atoms with Gasteiger partial charge in [0.25, 0.3) is 5.56 Å². The number of benzene rings is 1. The van der Waals surface area contributed by atoms with E-state index in [-0.39, 0.29) is 29.9 Å². The van der Waals surface area contributed by atoms with E-state index < -0.39 is 0 Å². The van der Waals surface area contributed by atoms with Crippen LogP contribution in [-0.2, 0) is 4.79 Å². The van der Waals surface area contributed by atoms with E-state index >= 15 is 0 Å². The summed E-state index contributed by atoms with van der Waals surface area (Å²) in [5, 5.41) is 13.3. The van der Waals surface area contributed by atoms with Crippen molar-refractivity contribution >= 4 is 22.6 Å². The molecule has 0 bridgehead atoms. The Hall–Kier alpha value is -2.93. The predicted octanol–water partition coefficient (Wildman–Crippen LogP) is 3.06. The third kappa shape index (κ3) is 3.93. The molecule has 1 amide bonds. The maximum absolute atomic E-state index is 12.5. The second-order valence-electron chi connectivity index (χ2n) is 6.94. The molecule has 7 heteroatoms. The van der Waals surface area contributed by atoms with E-state index in [0.717, 1.165) is 5.56 Å². The lowest BCUT2D eigenvalue weighted by Crippen LogP contribution is -2.33. The number of anilines is 1. The Morgan fingerprint density at radius 1 is 1.19 bits per heavy atom. The number of aromatic amines is 1. The van der Waals surface area contributed by atoms with Crippen molar-refractivity contribution in [2.75, 3.05) is 11.9 Å². The quantitative estimate of drug-likeness (QED) is 0.621. The Balaban J connectivity index is 1.76. The van der Waals surface area contributed by atoms with Gasteiger partial charge in [0.15, 0.2) is 0 Å². The second kappa shape index (κ2) is 7.75. The minimum Gasteiger partial charge on any atom is -0.444 e. The normalized spacial score (nSPS) is 12.5. The van der Waals surface area contributed by atoms with Gasteiger partial charge in [-0.05, 0) is 25.3 Å². The number of furan rings is 1. The van der Waals surface area contributed by atoms with Gasteiger partial charge in [0.05, 0.1) is 17.6 Å². The average molecular weight is 368 g/mol. The van der Waals surface area contributed by atoms with Crippen molar-refractivity contribution in [1.29, 1.82) is 0 Å². The SMILES string of the molecule is Cc1n[nH]c(=O)c2c(NC(=O)CN[C@H](c3ccccc3)C(C)C)oc(C)c12. The van der Waals surface area contributed by atoms with Crippen LogP contribution in [0.2, 0.25) is 0 Å². The van der Waals surface area contributed by atoms with Crippen molar-refractivity contribution in [3.8, 4) is 0 Å². The highest BCUT2D eigenvalue weighted by atomic mass is 16.4. The molecule has 0 fully saturated rings. The number of fused-ring (bicyclic) bond motifs is 1. The predicted molar refractivity (Wildman–Crippen MR) is 105 cm³/mol. The molecule has 142 valence electrons. The summed E-state index contributed by atoms with van der Waals surface area (Å²) in [6.07, 6.45) is 0. The van der Waals surface area contributed by atoms with Gasteiger partial charge in [-0.15, -0.1) is 0 Å². The number of hydrogen-bond donors (Lipinski definition) is 3. The van der Waals surface area contributed by atoms with E-state index in [1.807, 2.05) is 30.3 Å². The third-order valence-corrected chi connectivity index (χ3v) is 4.56. The molecule has 0 spiro atoms. The van der Waals surface area contributed by atoms with Gasteiger partial charge in [0.2, 0.25) is 11.8 Å². The van der Waals surface area contributed by atoms with Crippen LogP contribution in [0.4, 0.5) is 5.88 Å². The lowest BCUT2D eigenvalue weighted by Gasteiger charge is -2.22. The molecule has 1 aromatic carbocycles. The average Bonchev–Trinajstić information content (AvgIpc) is 2.96. The van der Waals surface area contributed by atoms with Crippen LogP contribution in [0.1, 0.15) is 36.9 Å². The largest absolute Gasteiger partial charge is 0.444 e. The topological polar surface area (TPSA) is 100 Å². The van der Waals surface area contributed by atoms with E-state index in [1.54, 1.807) is 13.8 Å². The van der Waals surface area contributed by atoms with E-state index in [1.165, 1.54) is 0 Å². The number of rotatable bonds is 6. The van der Waals surface area contributed by atoms with Crippen LogP contribution >= 0.6 is 0 Å². The maximum Gasteiger partial charge on any atom is 0.277 e. The van der Waals surface area contributed by atoms with Crippen molar-refractivity contribution < 1.29 is 9.21 Å². The fourth-order valence-corrected chi connectivity index (χ4v) is 3.30. The van der Waals surface area contributed by atoms with Crippen LogP contribution in [0.25, 0.3) is 10.8 Å². The monoisotopic (exact) mass is 368 g/mol. The summed E-state index contributed by atoms with van der Waals surface area (Å²) >= 11 is 0. The molecular formula is C20H24N4O3. The zero-order valence-electron chi connectivity index (χ0n) is 15.9. The van der Waals surface area contributed by atoms with Gasteiger partial charge in [-0.2, -0.15) is 5.10 Å². The molecule has 0 unspecified atom stereocenters. The highest BCUT2D eigenvalue weighted by molar-refractivity contribution is 6.01. The first-order chi connectivity index (χ1) is 12.9. The Bertz CT molecular complexity index is 1010. The summed E-state index contributed by atoms with van der Waals surface area (Å²) < 4.78 is 5.62. The van der Waals surface area contributed by atoms with Gasteiger partial charge in [-0.25, -0.2) is 5.10 Å². The van der Waals surface area contributed by atoms with Crippen LogP contribution in [-0.4, -0.2) is 22.6 Å². The van der Waals surface area contributed by atoms with Gasteiger partial charge in [-0.3, -0.25) is 14.9 Å².